The van der Waals surface area contributed by atoms with E-state index in [1.807, 2.05) is 24.3 Å². The average Bonchev–Trinajstić information content (AvgIpc) is 3.79. The zero-order valence-electron chi connectivity index (χ0n) is 31.5. The first kappa shape index (κ1) is 34.1. The van der Waals surface area contributed by atoms with Crippen molar-refractivity contribution in [3.63, 3.8) is 0 Å². The van der Waals surface area contributed by atoms with Gasteiger partial charge in [0, 0.05) is 38.7 Å². The van der Waals surface area contributed by atoms with Gasteiger partial charge < -0.3 is 8.83 Å². The van der Waals surface area contributed by atoms with E-state index in [0.29, 0.717) is 0 Å². The number of para-hydroxylation sites is 2. The molecule has 0 atom stereocenters. The highest BCUT2D eigenvalue weighted by atomic mass is 16.3. The van der Waals surface area contributed by atoms with Crippen LogP contribution in [0.1, 0.15) is 30.0 Å². The fourth-order valence-electron chi connectivity index (χ4n) is 7.90. The molecule has 2 aromatic heterocycles. The Labute approximate surface area is 322 Å². The van der Waals surface area contributed by atoms with Crippen LogP contribution in [0.3, 0.4) is 0 Å². The fourth-order valence-corrected chi connectivity index (χ4v) is 7.90. The second-order valence-corrected chi connectivity index (χ2v) is 14.5. The number of hydrogen-bond acceptors (Lipinski definition) is 2. The highest BCUT2D eigenvalue weighted by Gasteiger charge is 2.19. The Bertz CT molecular complexity index is 2930. The van der Waals surface area contributed by atoms with E-state index >= 15 is 0 Å². The number of rotatable bonds is 6. The summed E-state index contributed by atoms with van der Waals surface area (Å²) in [6.07, 6.45) is 2.12. The Morgan fingerprint density at radius 1 is 0.382 bits per heavy atom. The Morgan fingerprint density at radius 3 is 1.51 bits per heavy atom. The highest BCUT2D eigenvalue weighted by molar-refractivity contribution is 6.18. The van der Waals surface area contributed by atoms with Gasteiger partial charge in [-0.3, -0.25) is 0 Å². The molecule has 0 aliphatic rings. The van der Waals surface area contributed by atoms with Crippen LogP contribution in [0.2, 0.25) is 0 Å². The summed E-state index contributed by atoms with van der Waals surface area (Å²) in [5.74, 6) is 0. The SMILES string of the molecule is CCCc1ccc(-c2cccc3c2oc2cc4oc5c(-c6ccccc6)cccc5c4cc23)cc1-c1cc(-c2ccccc2)ccc1C.Cc1ccccc1. The van der Waals surface area contributed by atoms with Crippen molar-refractivity contribution in [2.75, 3.05) is 0 Å². The van der Waals surface area contributed by atoms with Gasteiger partial charge in [0.25, 0.3) is 0 Å². The first-order chi connectivity index (χ1) is 27.1. The maximum absolute atomic E-state index is 6.72. The van der Waals surface area contributed by atoms with Crippen LogP contribution in [0.15, 0.2) is 185 Å². The minimum absolute atomic E-state index is 0.833. The van der Waals surface area contributed by atoms with Crippen molar-refractivity contribution in [1.82, 2.24) is 0 Å². The Balaban J connectivity index is 0.000000513. The largest absolute Gasteiger partial charge is 0.455 e. The first-order valence-electron chi connectivity index (χ1n) is 19.2. The molecule has 0 unspecified atom stereocenters. The summed E-state index contributed by atoms with van der Waals surface area (Å²) in [6, 6.07) is 62.3. The van der Waals surface area contributed by atoms with Crippen molar-refractivity contribution >= 4 is 43.9 Å². The molecule has 2 nitrogen and oxygen atoms in total. The van der Waals surface area contributed by atoms with E-state index in [0.717, 1.165) is 79.0 Å². The third kappa shape index (κ3) is 6.51. The van der Waals surface area contributed by atoms with Gasteiger partial charge >= 0.3 is 0 Å². The van der Waals surface area contributed by atoms with E-state index in [4.69, 9.17) is 8.83 Å². The molecule has 10 aromatic rings. The highest BCUT2D eigenvalue weighted by Crippen LogP contribution is 2.43. The van der Waals surface area contributed by atoms with Crippen LogP contribution in [0.25, 0.3) is 88.4 Å². The van der Waals surface area contributed by atoms with Crippen molar-refractivity contribution in [3.8, 4) is 44.5 Å². The molecule has 2 heteroatoms. The van der Waals surface area contributed by atoms with Gasteiger partial charge in [0.2, 0.25) is 0 Å². The normalized spacial score (nSPS) is 11.3. The van der Waals surface area contributed by atoms with Crippen molar-refractivity contribution in [1.29, 1.82) is 0 Å². The van der Waals surface area contributed by atoms with Crippen LogP contribution in [0.4, 0.5) is 0 Å². The summed E-state index contributed by atoms with van der Waals surface area (Å²) in [7, 11) is 0. The topological polar surface area (TPSA) is 26.3 Å². The van der Waals surface area contributed by atoms with Crippen LogP contribution in [-0.4, -0.2) is 0 Å². The maximum atomic E-state index is 6.72. The fraction of sp³-hybridized carbons (Fsp3) is 0.0943. The lowest BCUT2D eigenvalue weighted by molar-refractivity contribution is 0.657. The molecule has 2 heterocycles. The summed E-state index contributed by atoms with van der Waals surface area (Å²) >= 11 is 0. The van der Waals surface area contributed by atoms with Gasteiger partial charge in [-0.1, -0.05) is 171 Å². The predicted molar refractivity (Wildman–Crippen MR) is 233 cm³/mol. The van der Waals surface area contributed by atoms with E-state index in [1.165, 1.54) is 38.9 Å². The van der Waals surface area contributed by atoms with Gasteiger partial charge in [-0.25, -0.2) is 0 Å². The van der Waals surface area contributed by atoms with Gasteiger partial charge in [-0.05, 0) is 83.0 Å². The van der Waals surface area contributed by atoms with Gasteiger partial charge in [-0.2, -0.15) is 0 Å². The third-order valence-electron chi connectivity index (χ3n) is 10.7. The first-order valence-corrected chi connectivity index (χ1v) is 19.2. The van der Waals surface area contributed by atoms with E-state index in [9.17, 15) is 0 Å². The monoisotopic (exact) mass is 710 g/mol. The van der Waals surface area contributed by atoms with Crippen molar-refractivity contribution in [2.45, 2.75) is 33.6 Å². The number of benzene rings is 8. The van der Waals surface area contributed by atoms with E-state index < -0.39 is 0 Å². The summed E-state index contributed by atoms with van der Waals surface area (Å²) in [5, 5.41) is 4.42. The van der Waals surface area contributed by atoms with Gasteiger partial charge in [0.15, 0.2) is 0 Å². The molecule has 10 rings (SSSR count). The zero-order valence-corrected chi connectivity index (χ0v) is 31.5. The van der Waals surface area contributed by atoms with E-state index in [2.05, 4.69) is 172 Å². The molecule has 0 saturated heterocycles. The molecule has 0 saturated carbocycles. The number of fused-ring (bicyclic) bond motifs is 6. The molecule has 0 spiro atoms. The molecule has 0 radical (unpaired) electrons. The van der Waals surface area contributed by atoms with Crippen LogP contribution in [0.5, 0.6) is 0 Å². The van der Waals surface area contributed by atoms with Crippen LogP contribution in [-0.2, 0) is 6.42 Å². The molecule has 0 bridgehead atoms. The number of hydrogen-bond donors (Lipinski definition) is 0. The second kappa shape index (κ2) is 14.6. The number of furan rings is 2. The van der Waals surface area contributed by atoms with Gasteiger partial charge in [0.05, 0.1) is 0 Å². The minimum atomic E-state index is 0.833. The van der Waals surface area contributed by atoms with Gasteiger partial charge in [-0.15, -0.1) is 0 Å². The number of aryl methyl sites for hydroxylation is 3. The average molecular weight is 711 g/mol. The van der Waals surface area contributed by atoms with Crippen LogP contribution < -0.4 is 0 Å². The van der Waals surface area contributed by atoms with Crippen LogP contribution in [0, 0.1) is 13.8 Å². The molecule has 0 fully saturated rings. The third-order valence-corrected chi connectivity index (χ3v) is 10.7. The lowest BCUT2D eigenvalue weighted by Crippen LogP contribution is -1.94. The Kier molecular flexibility index (Phi) is 9.09. The van der Waals surface area contributed by atoms with Crippen molar-refractivity contribution in [2.24, 2.45) is 0 Å². The summed E-state index contributed by atoms with van der Waals surface area (Å²) in [5.41, 5.74) is 17.0. The lowest BCUT2D eigenvalue weighted by Gasteiger charge is -2.16. The Morgan fingerprint density at radius 2 is 0.927 bits per heavy atom. The molecule has 0 aliphatic heterocycles. The second-order valence-electron chi connectivity index (χ2n) is 14.5. The van der Waals surface area contributed by atoms with Crippen LogP contribution >= 0.6 is 0 Å². The zero-order chi connectivity index (χ0) is 37.3. The van der Waals surface area contributed by atoms with E-state index in [1.54, 1.807) is 0 Å². The molecular formula is C53H42O2. The van der Waals surface area contributed by atoms with Gasteiger partial charge in [0.1, 0.15) is 22.3 Å². The lowest BCUT2D eigenvalue weighted by atomic mass is 9.88. The molecular weight excluding hydrogens is 669 g/mol. The predicted octanol–water partition coefficient (Wildman–Crippen LogP) is 15.4. The van der Waals surface area contributed by atoms with E-state index in [-0.39, 0.29) is 0 Å². The standard InChI is InChI=1S/C46H34O2.C7H8/c1-3-12-31-23-24-34(26-40(31)39-25-33(22-21-29(39)2)30-13-6-4-7-14-30)36-18-11-20-38-42-27-41-37-19-10-17-35(32-15-8-5-9-16-32)45(37)47-43(41)28-44(42)48-46(36)38;1-7-5-3-2-4-6-7/h4-11,13-28H,3,12H2,1-2H3;2-6H,1H3. The maximum Gasteiger partial charge on any atom is 0.143 e. The molecule has 266 valence electrons. The van der Waals surface area contributed by atoms with Crippen molar-refractivity contribution in [3.05, 3.63) is 193 Å². The summed E-state index contributed by atoms with van der Waals surface area (Å²) in [4.78, 5) is 0. The molecule has 8 aromatic carbocycles. The molecule has 0 amide bonds. The quantitative estimate of drug-likeness (QED) is 0.172. The molecule has 0 aliphatic carbocycles. The summed E-state index contributed by atoms with van der Waals surface area (Å²) < 4.78 is 13.3. The molecule has 55 heavy (non-hydrogen) atoms. The molecule has 0 N–H and O–H groups in total. The Hall–Kier alpha value is -6.64. The summed E-state index contributed by atoms with van der Waals surface area (Å²) in [6.45, 7) is 6.55. The smallest absolute Gasteiger partial charge is 0.143 e. The van der Waals surface area contributed by atoms with Crippen molar-refractivity contribution < 1.29 is 8.83 Å². The minimum Gasteiger partial charge on any atom is -0.455 e.